The lowest BCUT2D eigenvalue weighted by Crippen LogP contribution is -2.01. The Labute approximate surface area is 71.0 Å². The number of hydrogen-bond donors (Lipinski definition) is 0. The first-order valence-corrected chi connectivity index (χ1v) is 4.25. The van der Waals surface area contributed by atoms with E-state index in [1.807, 2.05) is 11.5 Å². The van der Waals surface area contributed by atoms with E-state index in [0.29, 0.717) is 4.84 Å². The third-order valence-corrected chi connectivity index (χ3v) is 1.85. The lowest BCUT2D eigenvalue weighted by atomic mass is 10.3. The van der Waals surface area contributed by atoms with Gasteiger partial charge >= 0.3 is 0 Å². The van der Waals surface area contributed by atoms with E-state index in [-0.39, 0.29) is 0 Å². The second kappa shape index (κ2) is 3.67. The molecule has 0 saturated carbocycles. The van der Waals surface area contributed by atoms with Gasteiger partial charge in [0.05, 0.1) is 0 Å². The van der Waals surface area contributed by atoms with Gasteiger partial charge in [0.25, 0.3) is 4.84 Å². The molecule has 3 nitrogen and oxygen atoms in total. The third kappa shape index (κ3) is 1.68. The molecule has 0 aliphatic rings. The van der Waals surface area contributed by atoms with Gasteiger partial charge in [0.2, 0.25) is 0 Å². The zero-order valence-corrected chi connectivity index (χ0v) is 7.65. The molecular weight excluding hydrogens is 160 g/mol. The number of aryl methyl sites for hydroxylation is 1. The summed E-state index contributed by atoms with van der Waals surface area (Å²) in [7, 11) is 0. The van der Waals surface area contributed by atoms with Crippen LogP contribution in [-0.4, -0.2) is 9.72 Å². The summed E-state index contributed by atoms with van der Waals surface area (Å²) >= 11 is 4.92. The van der Waals surface area contributed by atoms with Crippen LogP contribution in [0.5, 0.6) is 0 Å². The maximum atomic E-state index is 4.92. The molecule has 0 bridgehead atoms. The van der Waals surface area contributed by atoms with E-state index in [9.17, 15) is 0 Å². The molecule has 1 aromatic heterocycles. The molecule has 0 aliphatic heterocycles. The largest absolute Gasteiger partial charge is 0.324 e. The Bertz CT molecular complexity index is 276. The highest BCUT2D eigenvalue weighted by Gasteiger charge is 2.03. The number of hydrogen-bond acceptors (Lipinski definition) is 3. The SMILES string of the molecule is CCCc1noc(=S)n1CC. The molecule has 1 aromatic rings. The Morgan fingerprint density at radius 2 is 2.27 bits per heavy atom. The first-order valence-electron chi connectivity index (χ1n) is 3.85. The highest BCUT2D eigenvalue weighted by molar-refractivity contribution is 7.71. The Morgan fingerprint density at radius 3 is 2.82 bits per heavy atom. The fourth-order valence-electron chi connectivity index (χ4n) is 1.01. The molecule has 0 amide bonds. The standard InChI is InChI=1S/C7H12N2OS/c1-3-5-6-8-10-7(11)9(6)4-2/h3-5H2,1-2H3. The summed E-state index contributed by atoms with van der Waals surface area (Å²) in [6.45, 7) is 4.99. The van der Waals surface area contributed by atoms with E-state index in [2.05, 4.69) is 12.1 Å². The van der Waals surface area contributed by atoms with Crippen LogP contribution >= 0.6 is 12.2 Å². The van der Waals surface area contributed by atoms with Crippen LogP contribution in [0.4, 0.5) is 0 Å². The summed E-state index contributed by atoms with van der Waals surface area (Å²) in [5, 5.41) is 3.86. The van der Waals surface area contributed by atoms with Gasteiger partial charge in [-0.1, -0.05) is 12.1 Å². The van der Waals surface area contributed by atoms with E-state index in [1.54, 1.807) is 0 Å². The molecule has 0 aliphatic carbocycles. The van der Waals surface area contributed by atoms with Crippen molar-refractivity contribution in [3.63, 3.8) is 0 Å². The molecule has 0 N–H and O–H groups in total. The van der Waals surface area contributed by atoms with Crippen LogP contribution in [0, 0.1) is 4.84 Å². The molecule has 11 heavy (non-hydrogen) atoms. The summed E-state index contributed by atoms with van der Waals surface area (Å²) in [4.78, 5) is 0.482. The van der Waals surface area contributed by atoms with Gasteiger partial charge in [0.1, 0.15) is 0 Å². The average Bonchev–Trinajstić information content (AvgIpc) is 2.33. The molecule has 0 fully saturated rings. The van der Waals surface area contributed by atoms with Crippen molar-refractivity contribution in [2.24, 2.45) is 0 Å². The quantitative estimate of drug-likeness (QED) is 0.655. The molecule has 0 aromatic carbocycles. The van der Waals surface area contributed by atoms with Crippen molar-refractivity contribution in [2.75, 3.05) is 0 Å². The maximum absolute atomic E-state index is 4.92. The predicted octanol–water partition coefficient (Wildman–Crippen LogP) is 2.18. The minimum Gasteiger partial charge on any atom is -0.324 e. The molecule has 62 valence electrons. The van der Waals surface area contributed by atoms with Gasteiger partial charge in [-0.2, -0.15) is 0 Å². The zero-order valence-electron chi connectivity index (χ0n) is 6.83. The van der Waals surface area contributed by atoms with E-state index in [1.165, 1.54) is 0 Å². The van der Waals surface area contributed by atoms with Gasteiger partial charge in [-0.3, -0.25) is 4.57 Å². The molecule has 1 rings (SSSR count). The van der Waals surface area contributed by atoms with Crippen molar-refractivity contribution in [1.82, 2.24) is 9.72 Å². The lowest BCUT2D eigenvalue weighted by molar-refractivity contribution is 0.393. The van der Waals surface area contributed by atoms with E-state index in [0.717, 1.165) is 25.2 Å². The minimum atomic E-state index is 0.482. The van der Waals surface area contributed by atoms with Gasteiger partial charge < -0.3 is 4.52 Å². The second-order valence-electron chi connectivity index (χ2n) is 2.36. The van der Waals surface area contributed by atoms with Crippen LogP contribution in [0.1, 0.15) is 26.1 Å². The Balaban J connectivity index is 2.96. The van der Waals surface area contributed by atoms with Crippen molar-refractivity contribution >= 4 is 12.2 Å². The number of aromatic nitrogens is 2. The van der Waals surface area contributed by atoms with Gasteiger partial charge in [0.15, 0.2) is 5.82 Å². The van der Waals surface area contributed by atoms with Gasteiger partial charge in [-0.25, -0.2) is 0 Å². The molecule has 1 heterocycles. The summed E-state index contributed by atoms with van der Waals surface area (Å²) < 4.78 is 6.78. The topological polar surface area (TPSA) is 31.0 Å². The molecule has 4 heteroatoms. The van der Waals surface area contributed by atoms with Gasteiger partial charge in [0, 0.05) is 13.0 Å². The predicted molar refractivity (Wildman–Crippen MR) is 45.0 cm³/mol. The van der Waals surface area contributed by atoms with Crippen molar-refractivity contribution in [3.8, 4) is 0 Å². The number of nitrogens with zero attached hydrogens (tertiary/aromatic N) is 2. The summed E-state index contributed by atoms with van der Waals surface area (Å²) in [5.74, 6) is 0.958. The highest BCUT2D eigenvalue weighted by Crippen LogP contribution is 2.02. The van der Waals surface area contributed by atoms with E-state index >= 15 is 0 Å². The van der Waals surface area contributed by atoms with Crippen molar-refractivity contribution in [1.29, 1.82) is 0 Å². The van der Waals surface area contributed by atoms with Crippen LogP contribution in [0.15, 0.2) is 4.52 Å². The molecule has 0 spiro atoms. The monoisotopic (exact) mass is 172 g/mol. The van der Waals surface area contributed by atoms with Crippen LogP contribution in [0.2, 0.25) is 0 Å². The van der Waals surface area contributed by atoms with Crippen molar-refractivity contribution in [3.05, 3.63) is 10.7 Å². The first kappa shape index (κ1) is 8.46. The summed E-state index contributed by atoms with van der Waals surface area (Å²) in [5.41, 5.74) is 0. The maximum Gasteiger partial charge on any atom is 0.297 e. The van der Waals surface area contributed by atoms with Gasteiger partial charge in [-0.05, 0) is 25.6 Å². The Hall–Kier alpha value is -0.640. The van der Waals surface area contributed by atoms with Crippen LogP contribution in [0.3, 0.4) is 0 Å². The van der Waals surface area contributed by atoms with Crippen LogP contribution in [0.25, 0.3) is 0 Å². The molecule has 0 unspecified atom stereocenters. The average molecular weight is 172 g/mol. The number of rotatable bonds is 3. The molecular formula is C7H12N2OS. The molecule has 0 saturated heterocycles. The van der Waals surface area contributed by atoms with Gasteiger partial charge in [-0.15, -0.1) is 0 Å². The molecule has 0 radical (unpaired) electrons. The smallest absolute Gasteiger partial charge is 0.297 e. The van der Waals surface area contributed by atoms with E-state index < -0.39 is 0 Å². The first-order chi connectivity index (χ1) is 5.29. The fourth-order valence-corrected chi connectivity index (χ4v) is 1.28. The fraction of sp³-hybridized carbons (Fsp3) is 0.714. The Kier molecular flexibility index (Phi) is 2.82. The second-order valence-corrected chi connectivity index (χ2v) is 2.71. The summed E-state index contributed by atoms with van der Waals surface area (Å²) in [6, 6.07) is 0. The lowest BCUT2D eigenvalue weighted by Gasteiger charge is -1.97. The molecule has 0 atom stereocenters. The Morgan fingerprint density at radius 1 is 1.55 bits per heavy atom. The minimum absolute atomic E-state index is 0.482. The third-order valence-electron chi connectivity index (χ3n) is 1.55. The van der Waals surface area contributed by atoms with Crippen molar-refractivity contribution < 1.29 is 4.52 Å². The zero-order chi connectivity index (χ0) is 8.27. The van der Waals surface area contributed by atoms with Crippen LogP contribution < -0.4 is 0 Å². The highest BCUT2D eigenvalue weighted by atomic mass is 32.1. The van der Waals surface area contributed by atoms with Crippen molar-refractivity contribution in [2.45, 2.75) is 33.2 Å². The van der Waals surface area contributed by atoms with Crippen LogP contribution in [-0.2, 0) is 13.0 Å². The normalized spacial score (nSPS) is 10.4. The summed E-state index contributed by atoms with van der Waals surface area (Å²) in [6.07, 6.45) is 2.01. The van der Waals surface area contributed by atoms with E-state index in [4.69, 9.17) is 16.7 Å².